The van der Waals surface area contributed by atoms with Crippen LogP contribution in [0.1, 0.15) is 46.3 Å². The molecule has 2 aromatic rings. The van der Waals surface area contributed by atoms with Crippen molar-refractivity contribution in [1.82, 2.24) is 15.2 Å². The normalized spacial score (nSPS) is 16.1. The third-order valence-corrected chi connectivity index (χ3v) is 4.60. The number of hydrogen-bond acceptors (Lipinski definition) is 4. The summed E-state index contributed by atoms with van der Waals surface area (Å²) in [7, 11) is 0. The summed E-state index contributed by atoms with van der Waals surface area (Å²) in [6.45, 7) is 4.21. The van der Waals surface area contributed by atoms with Gasteiger partial charge in [-0.2, -0.15) is 0 Å². The van der Waals surface area contributed by atoms with Crippen LogP contribution in [0.5, 0.6) is 0 Å². The number of amides is 2. The zero-order chi connectivity index (χ0) is 19.1. The van der Waals surface area contributed by atoms with E-state index in [1.54, 1.807) is 23.1 Å². The number of nitrogens with one attached hydrogen (secondary N) is 1. The molecule has 0 bridgehead atoms. The fraction of sp³-hybridized carbons (Fsp3) is 0.381. The monoisotopic (exact) mass is 367 g/mol. The van der Waals surface area contributed by atoms with Crippen LogP contribution >= 0.6 is 0 Å². The first kappa shape index (κ1) is 19.0. The lowest BCUT2D eigenvalue weighted by Gasteiger charge is -2.20. The minimum absolute atomic E-state index is 0.0696. The molecule has 2 amide bonds. The van der Waals surface area contributed by atoms with Gasteiger partial charge in [-0.25, -0.2) is 4.98 Å². The third kappa shape index (κ3) is 5.14. The lowest BCUT2D eigenvalue weighted by Crippen LogP contribution is -2.34. The van der Waals surface area contributed by atoms with Crippen LogP contribution < -0.4 is 5.32 Å². The van der Waals surface area contributed by atoms with Gasteiger partial charge in [-0.3, -0.25) is 9.59 Å². The SMILES string of the molecule is CCN(Cc1ccccc1)C(=O)c1cccc(C(=O)NCC2CCCO2)n1. The molecule has 0 saturated carbocycles. The second-order valence-electron chi connectivity index (χ2n) is 6.56. The van der Waals surface area contributed by atoms with Crippen molar-refractivity contribution >= 4 is 11.8 Å². The van der Waals surface area contributed by atoms with E-state index in [1.165, 1.54) is 0 Å². The highest BCUT2D eigenvalue weighted by molar-refractivity contribution is 5.96. The molecule has 0 spiro atoms. The van der Waals surface area contributed by atoms with Gasteiger partial charge in [0.2, 0.25) is 0 Å². The highest BCUT2D eigenvalue weighted by Crippen LogP contribution is 2.12. The first-order valence-corrected chi connectivity index (χ1v) is 9.37. The van der Waals surface area contributed by atoms with Crippen LogP contribution in [0.2, 0.25) is 0 Å². The number of nitrogens with zero attached hydrogens (tertiary/aromatic N) is 2. The summed E-state index contributed by atoms with van der Waals surface area (Å²) in [5.74, 6) is -0.471. The number of hydrogen-bond donors (Lipinski definition) is 1. The summed E-state index contributed by atoms with van der Waals surface area (Å²) in [4.78, 5) is 31.2. The maximum absolute atomic E-state index is 12.8. The van der Waals surface area contributed by atoms with Gasteiger partial charge in [0, 0.05) is 26.2 Å². The molecule has 6 heteroatoms. The number of aromatic nitrogens is 1. The predicted octanol–water partition coefficient (Wildman–Crippen LogP) is 2.65. The van der Waals surface area contributed by atoms with Crippen LogP contribution in [0.15, 0.2) is 48.5 Å². The number of rotatable bonds is 7. The fourth-order valence-corrected chi connectivity index (χ4v) is 3.08. The number of carbonyl (C=O) groups is 2. The van der Waals surface area contributed by atoms with Gasteiger partial charge in [-0.15, -0.1) is 0 Å². The molecule has 1 saturated heterocycles. The van der Waals surface area contributed by atoms with E-state index in [9.17, 15) is 9.59 Å². The molecule has 1 aliphatic rings. The van der Waals surface area contributed by atoms with E-state index in [2.05, 4.69) is 10.3 Å². The van der Waals surface area contributed by atoms with E-state index >= 15 is 0 Å². The van der Waals surface area contributed by atoms with Crippen molar-refractivity contribution < 1.29 is 14.3 Å². The Morgan fingerprint density at radius 3 is 2.63 bits per heavy atom. The largest absolute Gasteiger partial charge is 0.376 e. The van der Waals surface area contributed by atoms with Gasteiger partial charge in [0.05, 0.1) is 6.10 Å². The van der Waals surface area contributed by atoms with Crippen LogP contribution in [0.4, 0.5) is 0 Å². The van der Waals surface area contributed by atoms with Gasteiger partial charge < -0.3 is 15.0 Å². The summed E-state index contributed by atoms with van der Waals surface area (Å²) in [5, 5.41) is 2.84. The maximum Gasteiger partial charge on any atom is 0.272 e. The van der Waals surface area contributed by atoms with Crippen molar-refractivity contribution in [2.24, 2.45) is 0 Å². The lowest BCUT2D eigenvalue weighted by atomic mass is 10.2. The zero-order valence-corrected chi connectivity index (χ0v) is 15.6. The van der Waals surface area contributed by atoms with E-state index in [0.717, 1.165) is 25.0 Å². The first-order valence-electron chi connectivity index (χ1n) is 9.37. The van der Waals surface area contributed by atoms with E-state index in [-0.39, 0.29) is 29.3 Å². The molecular weight excluding hydrogens is 342 g/mol. The molecule has 1 N–H and O–H groups in total. The van der Waals surface area contributed by atoms with Gasteiger partial charge in [0.1, 0.15) is 11.4 Å². The molecule has 27 heavy (non-hydrogen) atoms. The van der Waals surface area contributed by atoms with Gasteiger partial charge in [-0.1, -0.05) is 36.4 Å². The first-order chi connectivity index (χ1) is 13.2. The van der Waals surface area contributed by atoms with E-state index < -0.39 is 0 Å². The molecule has 1 aromatic carbocycles. The number of ether oxygens (including phenoxy) is 1. The molecule has 1 aromatic heterocycles. The van der Waals surface area contributed by atoms with Crippen LogP contribution in [-0.2, 0) is 11.3 Å². The fourth-order valence-electron chi connectivity index (χ4n) is 3.08. The Morgan fingerprint density at radius 2 is 1.93 bits per heavy atom. The van der Waals surface area contributed by atoms with Crippen LogP contribution in [0.3, 0.4) is 0 Å². The minimum Gasteiger partial charge on any atom is -0.376 e. The average Bonchev–Trinajstić information content (AvgIpc) is 3.24. The van der Waals surface area contributed by atoms with Crippen molar-refractivity contribution in [1.29, 1.82) is 0 Å². The highest BCUT2D eigenvalue weighted by atomic mass is 16.5. The third-order valence-electron chi connectivity index (χ3n) is 4.60. The Bertz CT molecular complexity index is 773. The van der Waals surface area contributed by atoms with Crippen molar-refractivity contribution in [3.8, 4) is 0 Å². The second kappa shape index (κ2) is 9.28. The topological polar surface area (TPSA) is 71.5 Å². The summed E-state index contributed by atoms with van der Waals surface area (Å²) >= 11 is 0. The van der Waals surface area contributed by atoms with E-state index in [1.807, 2.05) is 37.3 Å². The predicted molar refractivity (Wildman–Crippen MR) is 102 cm³/mol. The average molecular weight is 367 g/mol. The summed E-state index contributed by atoms with van der Waals surface area (Å²) in [6, 6.07) is 14.8. The standard InChI is InChI=1S/C21H25N3O3/c1-2-24(15-16-8-4-3-5-9-16)21(26)19-12-6-11-18(23-19)20(25)22-14-17-10-7-13-27-17/h3-6,8-9,11-12,17H,2,7,10,13-15H2,1H3,(H,22,25). The maximum atomic E-state index is 12.8. The summed E-state index contributed by atoms with van der Waals surface area (Å²) in [6.07, 6.45) is 2.05. The van der Waals surface area contributed by atoms with Gasteiger partial charge in [0.25, 0.3) is 11.8 Å². The number of benzene rings is 1. The van der Waals surface area contributed by atoms with Crippen LogP contribution in [-0.4, -0.2) is 47.5 Å². The Hall–Kier alpha value is -2.73. The quantitative estimate of drug-likeness (QED) is 0.817. The van der Waals surface area contributed by atoms with Crippen LogP contribution in [0.25, 0.3) is 0 Å². The smallest absolute Gasteiger partial charge is 0.272 e. The second-order valence-corrected chi connectivity index (χ2v) is 6.56. The van der Waals surface area contributed by atoms with E-state index in [0.29, 0.717) is 19.6 Å². The molecule has 2 heterocycles. The summed E-state index contributed by atoms with van der Waals surface area (Å²) < 4.78 is 5.51. The molecule has 1 atom stereocenters. The molecule has 6 nitrogen and oxygen atoms in total. The zero-order valence-electron chi connectivity index (χ0n) is 15.6. The Kier molecular flexibility index (Phi) is 6.54. The number of pyridine rings is 1. The molecule has 0 radical (unpaired) electrons. The molecule has 142 valence electrons. The lowest BCUT2D eigenvalue weighted by molar-refractivity contribution is 0.0746. The Labute approximate surface area is 159 Å². The molecule has 1 aliphatic heterocycles. The Morgan fingerprint density at radius 1 is 1.15 bits per heavy atom. The summed E-state index contributed by atoms with van der Waals surface area (Å²) in [5.41, 5.74) is 1.57. The van der Waals surface area contributed by atoms with Crippen molar-refractivity contribution in [3.05, 3.63) is 65.5 Å². The van der Waals surface area contributed by atoms with E-state index in [4.69, 9.17) is 4.74 Å². The van der Waals surface area contributed by atoms with Crippen molar-refractivity contribution in [3.63, 3.8) is 0 Å². The molecular formula is C21H25N3O3. The number of carbonyl (C=O) groups excluding carboxylic acids is 2. The van der Waals surface area contributed by atoms with Gasteiger partial charge in [-0.05, 0) is 37.5 Å². The highest BCUT2D eigenvalue weighted by Gasteiger charge is 2.20. The minimum atomic E-state index is -0.286. The molecule has 1 unspecified atom stereocenters. The molecule has 1 fully saturated rings. The van der Waals surface area contributed by atoms with Crippen molar-refractivity contribution in [2.75, 3.05) is 19.7 Å². The Balaban J connectivity index is 1.65. The molecule has 0 aliphatic carbocycles. The molecule has 3 rings (SSSR count). The van der Waals surface area contributed by atoms with Gasteiger partial charge >= 0.3 is 0 Å². The van der Waals surface area contributed by atoms with Crippen molar-refractivity contribution in [2.45, 2.75) is 32.4 Å². The van der Waals surface area contributed by atoms with Gasteiger partial charge in [0.15, 0.2) is 0 Å². The van der Waals surface area contributed by atoms with Crippen LogP contribution in [0, 0.1) is 0 Å².